The minimum atomic E-state index is -3.43. The average molecular weight is 287 g/mol. The smallest absolute Gasteiger partial charge is 0.182 e. The number of rotatable bonds is 4. The summed E-state index contributed by atoms with van der Waals surface area (Å²) >= 11 is 0. The first-order valence-electron chi connectivity index (χ1n) is 6.37. The molecule has 0 fully saturated rings. The second kappa shape index (κ2) is 4.88. The third kappa shape index (κ3) is 2.98. The Hall–Kier alpha value is -0.920. The van der Waals surface area contributed by atoms with Crippen molar-refractivity contribution in [2.75, 3.05) is 12.4 Å². The van der Waals surface area contributed by atoms with E-state index in [2.05, 4.69) is 10.4 Å². The van der Waals surface area contributed by atoms with Gasteiger partial charge in [0.25, 0.3) is 0 Å². The van der Waals surface area contributed by atoms with Crippen molar-refractivity contribution in [2.45, 2.75) is 44.8 Å². The molecule has 7 heteroatoms. The van der Waals surface area contributed by atoms with E-state index in [9.17, 15) is 13.5 Å². The van der Waals surface area contributed by atoms with Gasteiger partial charge in [-0.25, -0.2) is 8.42 Å². The number of nitrogens with zero attached hydrogens (tertiary/aromatic N) is 2. The Labute approximate surface area is 113 Å². The van der Waals surface area contributed by atoms with Crippen LogP contribution in [0.1, 0.15) is 26.5 Å². The molecule has 2 rings (SSSR count). The Morgan fingerprint density at radius 2 is 2.26 bits per heavy atom. The van der Waals surface area contributed by atoms with Gasteiger partial charge in [0.05, 0.1) is 24.2 Å². The predicted molar refractivity (Wildman–Crippen MR) is 71.4 cm³/mol. The summed E-state index contributed by atoms with van der Waals surface area (Å²) < 4.78 is 26.6. The summed E-state index contributed by atoms with van der Waals surface area (Å²) in [5.41, 5.74) is 0.0649. The molecule has 0 unspecified atom stereocenters. The molecule has 1 atom stereocenters. The van der Waals surface area contributed by atoms with Crippen LogP contribution < -0.4 is 5.32 Å². The van der Waals surface area contributed by atoms with Crippen molar-refractivity contribution in [3.05, 3.63) is 11.9 Å². The molecule has 2 heterocycles. The topological polar surface area (TPSA) is 84.2 Å². The fourth-order valence-electron chi connectivity index (χ4n) is 2.22. The van der Waals surface area contributed by atoms with Gasteiger partial charge >= 0.3 is 0 Å². The molecule has 1 aromatic heterocycles. The Balaban J connectivity index is 2.32. The molecular weight excluding hydrogens is 266 g/mol. The van der Waals surface area contributed by atoms with Crippen LogP contribution in [-0.2, 0) is 22.9 Å². The van der Waals surface area contributed by atoms with Crippen LogP contribution in [0.5, 0.6) is 0 Å². The van der Waals surface area contributed by atoms with Crippen molar-refractivity contribution in [2.24, 2.45) is 5.41 Å². The number of fused-ring (bicyclic) bond motifs is 1. The monoisotopic (exact) mass is 287 g/mol. The average Bonchev–Trinajstić information content (AvgIpc) is 2.71. The summed E-state index contributed by atoms with van der Waals surface area (Å²) in [6.07, 6.45) is 1.43. The summed E-state index contributed by atoms with van der Waals surface area (Å²) in [4.78, 5) is 0.286. The standard InChI is InChI=1S/C12H21N3O3S/c1-9-6-15-10(4-13-9)11(5-14-15)19(17,18)8-12(2,3)7-16/h5,9,13,16H,4,6-8H2,1-3H3/t9-/m0/s1. The molecule has 1 aliphatic rings. The van der Waals surface area contributed by atoms with Crippen LogP contribution in [0, 0.1) is 5.41 Å². The number of hydrogen-bond acceptors (Lipinski definition) is 5. The maximum Gasteiger partial charge on any atom is 0.182 e. The van der Waals surface area contributed by atoms with Crippen LogP contribution >= 0.6 is 0 Å². The minimum absolute atomic E-state index is 0.0786. The van der Waals surface area contributed by atoms with Crippen LogP contribution in [0.3, 0.4) is 0 Å². The van der Waals surface area contributed by atoms with Crippen LogP contribution in [0.4, 0.5) is 0 Å². The summed E-state index contributed by atoms with van der Waals surface area (Å²) in [6, 6.07) is 0.289. The van der Waals surface area contributed by atoms with Gasteiger partial charge in [-0.1, -0.05) is 13.8 Å². The Bertz CT molecular complexity index is 563. The molecule has 1 aromatic rings. The molecular formula is C12H21N3O3S. The van der Waals surface area contributed by atoms with Gasteiger partial charge in [-0.05, 0) is 6.92 Å². The zero-order chi connectivity index (χ0) is 14.3. The van der Waals surface area contributed by atoms with E-state index in [1.54, 1.807) is 18.5 Å². The lowest BCUT2D eigenvalue weighted by Gasteiger charge is -2.24. The highest BCUT2D eigenvalue weighted by Crippen LogP contribution is 2.25. The summed E-state index contributed by atoms with van der Waals surface area (Å²) in [6.45, 7) is 6.53. The third-order valence-corrected chi connectivity index (χ3v) is 5.49. The van der Waals surface area contributed by atoms with Crippen molar-refractivity contribution in [3.8, 4) is 0 Å². The molecule has 0 bridgehead atoms. The number of nitrogens with one attached hydrogen (secondary N) is 1. The summed E-state index contributed by atoms with van der Waals surface area (Å²) in [7, 11) is -3.43. The lowest BCUT2D eigenvalue weighted by Crippen LogP contribution is -2.37. The van der Waals surface area contributed by atoms with E-state index in [1.807, 2.05) is 6.92 Å². The highest BCUT2D eigenvalue weighted by atomic mass is 32.2. The van der Waals surface area contributed by atoms with Gasteiger partial charge in [0.2, 0.25) is 0 Å². The maximum atomic E-state index is 12.4. The Morgan fingerprint density at radius 1 is 1.58 bits per heavy atom. The van der Waals surface area contributed by atoms with Crippen LogP contribution in [0.15, 0.2) is 11.1 Å². The van der Waals surface area contributed by atoms with E-state index in [1.165, 1.54) is 6.20 Å². The van der Waals surface area contributed by atoms with Gasteiger partial charge in [0, 0.05) is 24.6 Å². The molecule has 19 heavy (non-hydrogen) atoms. The number of sulfone groups is 1. The van der Waals surface area contributed by atoms with Crippen molar-refractivity contribution >= 4 is 9.84 Å². The van der Waals surface area contributed by atoms with Crippen molar-refractivity contribution in [3.63, 3.8) is 0 Å². The number of aromatic nitrogens is 2. The van der Waals surface area contributed by atoms with E-state index in [4.69, 9.17) is 0 Å². The highest BCUT2D eigenvalue weighted by molar-refractivity contribution is 7.91. The molecule has 108 valence electrons. The summed E-state index contributed by atoms with van der Waals surface area (Å²) in [5, 5.41) is 16.6. The lowest BCUT2D eigenvalue weighted by molar-refractivity contribution is 0.179. The molecule has 2 N–H and O–H groups in total. The SMILES string of the molecule is C[C@H]1Cn2ncc(S(=O)(=O)CC(C)(C)CO)c2CN1. The molecule has 0 saturated heterocycles. The number of aliphatic hydroxyl groups is 1. The molecule has 0 amide bonds. The first-order valence-corrected chi connectivity index (χ1v) is 8.02. The minimum Gasteiger partial charge on any atom is -0.396 e. The largest absolute Gasteiger partial charge is 0.396 e. The number of hydrogen-bond donors (Lipinski definition) is 2. The normalized spacial score (nSPS) is 20.3. The second-order valence-corrected chi connectivity index (χ2v) is 7.96. The van der Waals surface area contributed by atoms with Gasteiger partial charge in [0.1, 0.15) is 4.90 Å². The van der Waals surface area contributed by atoms with Gasteiger partial charge < -0.3 is 10.4 Å². The van der Waals surface area contributed by atoms with Crippen molar-refractivity contribution in [1.82, 2.24) is 15.1 Å². The first-order chi connectivity index (χ1) is 8.75. The molecule has 0 radical (unpaired) electrons. The maximum absolute atomic E-state index is 12.4. The van der Waals surface area contributed by atoms with Crippen LogP contribution in [-0.4, -0.2) is 41.7 Å². The van der Waals surface area contributed by atoms with Crippen molar-refractivity contribution < 1.29 is 13.5 Å². The highest BCUT2D eigenvalue weighted by Gasteiger charge is 2.31. The van der Waals surface area contributed by atoms with Gasteiger partial charge in [-0.15, -0.1) is 0 Å². The Morgan fingerprint density at radius 3 is 2.89 bits per heavy atom. The molecule has 0 aromatic carbocycles. The molecule has 0 spiro atoms. The summed E-state index contributed by atoms with van der Waals surface area (Å²) in [5.74, 6) is -0.0786. The molecule has 0 saturated carbocycles. The van der Waals surface area contributed by atoms with Gasteiger partial charge in [0.15, 0.2) is 9.84 Å². The van der Waals surface area contributed by atoms with Gasteiger partial charge in [-0.2, -0.15) is 5.10 Å². The van der Waals surface area contributed by atoms with E-state index in [-0.39, 0.29) is 23.3 Å². The zero-order valence-electron chi connectivity index (χ0n) is 11.5. The molecule has 0 aliphatic carbocycles. The van der Waals surface area contributed by atoms with E-state index >= 15 is 0 Å². The van der Waals surface area contributed by atoms with Crippen molar-refractivity contribution in [1.29, 1.82) is 0 Å². The zero-order valence-corrected chi connectivity index (χ0v) is 12.4. The lowest BCUT2D eigenvalue weighted by atomic mass is 9.98. The van der Waals surface area contributed by atoms with Crippen LogP contribution in [0.2, 0.25) is 0 Å². The van der Waals surface area contributed by atoms with E-state index < -0.39 is 15.3 Å². The fourth-order valence-corrected chi connectivity index (χ4v) is 4.24. The van der Waals surface area contributed by atoms with Gasteiger partial charge in [-0.3, -0.25) is 4.68 Å². The number of aliphatic hydroxyl groups excluding tert-OH is 1. The van der Waals surface area contributed by atoms with E-state index in [0.29, 0.717) is 18.8 Å². The van der Waals surface area contributed by atoms with E-state index in [0.717, 1.165) is 0 Å². The fraction of sp³-hybridized carbons (Fsp3) is 0.750. The second-order valence-electron chi connectivity index (χ2n) is 6.00. The molecule has 1 aliphatic heterocycles. The molecule has 6 nitrogen and oxygen atoms in total. The third-order valence-electron chi connectivity index (χ3n) is 3.32. The first kappa shape index (κ1) is 14.5. The predicted octanol–water partition coefficient (Wildman–Crippen LogP) is 0.167. The van der Waals surface area contributed by atoms with Crippen LogP contribution in [0.25, 0.3) is 0 Å². The Kier molecular flexibility index (Phi) is 3.72. The quantitative estimate of drug-likeness (QED) is 0.824.